The Labute approximate surface area is 112 Å². The smallest absolute Gasteiger partial charge is 0.310 e. The molecule has 0 aromatic heterocycles. The van der Waals surface area contributed by atoms with Gasteiger partial charge in [-0.25, -0.2) is 4.39 Å². The number of carbonyl (C=O) groups is 1. The first-order chi connectivity index (χ1) is 9.08. The quantitative estimate of drug-likeness (QED) is 0.773. The van der Waals surface area contributed by atoms with Crippen LogP contribution in [0.1, 0.15) is 20.8 Å². The predicted molar refractivity (Wildman–Crippen MR) is 71.9 cm³/mol. The molecule has 19 heavy (non-hydrogen) atoms. The van der Waals surface area contributed by atoms with E-state index in [0.29, 0.717) is 25.4 Å². The molecule has 0 bridgehead atoms. The lowest BCUT2D eigenvalue weighted by molar-refractivity contribution is -0.146. The molecule has 0 heterocycles. The monoisotopic (exact) mass is 269 g/mol. The summed E-state index contributed by atoms with van der Waals surface area (Å²) in [6.45, 7) is 6.50. The molecular formula is C14H20FNO3. The van der Waals surface area contributed by atoms with Gasteiger partial charge in [-0.2, -0.15) is 0 Å². The fraction of sp³-hybridized carbons (Fsp3) is 0.500. The Morgan fingerprint density at radius 1 is 1.37 bits per heavy atom. The molecule has 0 fully saturated rings. The lowest BCUT2D eigenvalue weighted by Gasteiger charge is -2.13. The van der Waals surface area contributed by atoms with Crippen molar-refractivity contribution < 1.29 is 18.7 Å². The van der Waals surface area contributed by atoms with Gasteiger partial charge in [0.05, 0.1) is 19.1 Å². The van der Waals surface area contributed by atoms with Gasteiger partial charge in [0.2, 0.25) is 0 Å². The number of halogens is 1. The molecule has 4 nitrogen and oxygen atoms in total. The number of esters is 1. The summed E-state index contributed by atoms with van der Waals surface area (Å²) < 4.78 is 23.6. The van der Waals surface area contributed by atoms with Crippen molar-refractivity contribution in [2.45, 2.75) is 20.8 Å². The van der Waals surface area contributed by atoms with E-state index in [1.54, 1.807) is 32.9 Å². The van der Waals surface area contributed by atoms with E-state index in [1.807, 2.05) is 0 Å². The van der Waals surface area contributed by atoms with Gasteiger partial charge in [0.25, 0.3) is 0 Å². The predicted octanol–water partition coefficient (Wildman–Crippen LogP) is 2.84. The molecule has 0 saturated heterocycles. The van der Waals surface area contributed by atoms with Gasteiger partial charge in [-0.05, 0) is 26.0 Å². The number of hydrogen-bond acceptors (Lipinski definition) is 4. The highest BCUT2D eigenvalue weighted by atomic mass is 19.1. The highest BCUT2D eigenvalue weighted by Gasteiger charge is 2.13. The van der Waals surface area contributed by atoms with Crippen LogP contribution in [0, 0.1) is 11.7 Å². The number of nitrogens with one attached hydrogen (secondary N) is 1. The lowest BCUT2D eigenvalue weighted by atomic mass is 10.2. The topological polar surface area (TPSA) is 47.6 Å². The van der Waals surface area contributed by atoms with Gasteiger partial charge in [-0.1, -0.05) is 6.92 Å². The third-order valence-electron chi connectivity index (χ3n) is 2.53. The normalized spacial score (nSPS) is 11.8. The van der Waals surface area contributed by atoms with Gasteiger partial charge < -0.3 is 14.8 Å². The Bertz CT molecular complexity index is 423. The average Bonchev–Trinajstić information content (AvgIpc) is 2.39. The van der Waals surface area contributed by atoms with E-state index in [4.69, 9.17) is 9.47 Å². The number of benzene rings is 1. The van der Waals surface area contributed by atoms with Crippen molar-refractivity contribution in [3.05, 3.63) is 24.0 Å². The maximum absolute atomic E-state index is 13.6. The van der Waals surface area contributed by atoms with E-state index in [-0.39, 0.29) is 17.6 Å². The summed E-state index contributed by atoms with van der Waals surface area (Å²) in [7, 11) is 0. The first-order valence-electron chi connectivity index (χ1n) is 6.41. The molecule has 0 radical (unpaired) electrons. The maximum Gasteiger partial charge on any atom is 0.310 e. The second kappa shape index (κ2) is 7.61. The lowest BCUT2D eigenvalue weighted by Crippen LogP contribution is -2.22. The van der Waals surface area contributed by atoms with Gasteiger partial charge in [0, 0.05) is 18.3 Å². The standard InChI is InChI=1S/C14H20FNO3/c1-4-18-13-7-6-11(8-12(13)15)16-9-10(3)14(17)19-5-2/h6-8,10,16H,4-5,9H2,1-3H3. The summed E-state index contributed by atoms with van der Waals surface area (Å²) in [6.07, 6.45) is 0. The van der Waals surface area contributed by atoms with Crippen LogP contribution in [0.3, 0.4) is 0 Å². The number of anilines is 1. The van der Waals surface area contributed by atoms with Crippen LogP contribution in [0.25, 0.3) is 0 Å². The van der Waals surface area contributed by atoms with Crippen LogP contribution < -0.4 is 10.1 Å². The Morgan fingerprint density at radius 2 is 2.11 bits per heavy atom. The first-order valence-corrected chi connectivity index (χ1v) is 6.41. The van der Waals surface area contributed by atoms with Gasteiger partial charge in [0.15, 0.2) is 11.6 Å². The molecule has 0 aliphatic carbocycles. The highest BCUT2D eigenvalue weighted by molar-refractivity contribution is 5.72. The average molecular weight is 269 g/mol. The molecule has 106 valence electrons. The Hall–Kier alpha value is -1.78. The summed E-state index contributed by atoms with van der Waals surface area (Å²) in [5.41, 5.74) is 0.608. The number of ether oxygens (including phenoxy) is 2. The molecule has 1 aromatic rings. The molecule has 0 aliphatic heterocycles. The molecule has 5 heteroatoms. The fourth-order valence-corrected chi connectivity index (χ4v) is 1.52. The summed E-state index contributed by atoms with van der Waals surface area (Å²) >= 11 is 0. The zero-order valence-corrected chi connectivity index (χ0v) is 11.5. The second-order valence-corrected chi connectivity index (χ2v) is 4.11. The van der Waals surface area contributed by atoms with Crippen molar-refractivity contribution in [2.75, 3.05) is 25.1 Å². The summed E-state index contributed by atoms with van der Waals surface area (Å²) in [5, 5.41) is 3.00. The first kappa shape index (κ1) is 15.3. The second-order valence-electron chi connectivity index (χ2n) is 4.11. The van der Waals surface area contributed by atoms with Crippen LogP contribution in [0.2, 0.25) is 0 Å². The van der Waals surface area contributed by atoms with E-state index in [1.165, 1.54) is 6.07 Å². The molecule has 0 aliphatic rings. The van der Waals surface area contributed by atoms with E-state index < -0.39 is 5.82 Å². The molecular weight excluding hydrogens is 249 g/mol. The Balaban J connectivity index is 2.54. The van der Waals surface area contributed by atoms with Crippen LogP contribution in [-0.2, 0) is 9.53 Å². The van der Waals surface area contributed by atoms with Crippen molar-refractivity contribution in [1.82, 2.24) is 0 Å². The highest BCUT2D eigenvalue weighted by Crippen LogP contribution is 2.21. The zero-order valence-electron chi connectivity index (χ0n) is 11.5. The number of rotatable bonds is 7. The minimum absolute atomic E-state index is 0.228. The largest absolute Gasteiger partial charge is 0.491 e. The summed E-state index contributed by atoms with van der Waals surface area (Å²) in [5.74, 6) is -0.738. The third-order valence-corrected chi connectivity index (χ3v) is 2.53. The number of carbonyl (C=O) groups excluding carboxylic acids is 1. The van der Waals surface area contributed by atoms with Crippen LogP contribution in [0.5, 0.6) is 5.75 Å². The molecule has 0 saturated carbocycles. The minimum Gasteiger partial charge on any atom is -0.491 e. The van der Waals surface area contributed by atoms with Crippen LogP contribution >= 0.6 is 0 Å². The SMILES string of the molecule is CCOC(=O)C(C)CNc1ccc(OCC)c(F)c1. The van der Waals surface area contributed by atoms with Gasteiger partial charge in [0.1, 0.15) is 0 Å². The van der Waals surface area contributed by atoms with E-state index in [0.717, 1.165) is 0 Å². The van der Waals surface area contributed by atoms with Crippen molar-refractivity contribution in [3.63, 3.8) is 0 Å². The molecule has 1 rings (SSSR count). The molecule has 1 aromatic carbocycles. The molecule has 0 amide bonds. The number of hydrogen-bond donors (Lipinski definition) is 1. The van der Waals surface area contributed by atoms with E-state index >= 15 is 0 Å². The van der Waals surface area contributed by atoms with Crippen LogP contribution in [0.15, 0.2) is 18.2 Å². The van der Waals surface area contributed by atoms with Crippen molar-refractivity contribution in [2.24, 2.45) is 5.92 Å². The molecule has 1 N–H and O–H groups in total. The molecule has 0 spiro atoms. The third kappa shape index (κ3) is 4.77. The van der Waals surface area contributed by atoms with Gasteiger partial charge in [-0.15, -0.1) is 0 Å². The van der Waals surface area contributed by atoms with Gasteiger partial charge in [-0.3, -0.25) is 4.79 Å². The summed E-state index contributed by atoms with van der Waals surface area (Å²) in [6, 6.07) is 4.63. The van der Waals surface area contributed by atoms with Gasteiger partial charge >= 0.3 is 5.97 Å². The zero-order chi connectivity index (χ0) is 14.3. The molecule has 1 unspecified atom stereocenters. The van der Waals surface area contributed by atoms with E-state index in [9.17, 15) is 9.18 Å². The maximum atomic E-state index is 13.6. The minimum atomic E-state index is -0.421. The van der Waals surface area contributed by atoms with Crippen LogP contribution in [-0.4, -0.2) is 25.7 Å². The van der Waals surface area contributed by atoms with Crippen molar-refractivity contribution >= 4 is 11.7 Å². The van der Waals surface area contributed by atoms with Crippen LogP contribution in [0.4, 0.5) is 10.1 Å². The molecule has 1 atom stereocenters. The fourth-order valence-electron chi connectivity index (χ4n) is 1.52. The Morgan fingerprint density at radius 3 is 2.68 bits per heavy atom. The van der Waals surface area contributed by atoms with Crippen molar-refractivity contribution in [1.29, 1.82) is 0 Å². The van der Waals surface area contributed by atoms with Crippen molar-refractivity contribution in [3.8, 4) is 5.75 Å². The van der Waals surface area contributed by atoms with E-state index in [2.05, 4.69) is 5.32 Å². The summed E-state index contributed by atoms with van der Waals surface area (Å²) in [4.78, 5) is 11.4. The Kier molecular flexibility index (Phi) is 6.12.